The maximum atomic E-state index is 12.3. The molecule has 0 saturated carbocycles. The lowest BCUT2D eigenvalue weighted by atomic mass is 9.91. The summed E-state index contributed by atoms with van der Waals surface area (Å²) in [5, 5.41) is 9.09. The molecule has 2 rings (SSSR count). The molecule has 0 aromatic rings. The van der Waals surface area contributed by atoms with Crippen molar-refractivity contribution >= 4 is 12.0 Å². The molecule has 2 fully saturated rings. The third kappa shape index (κ3) is 2.93. The maximum absolute atomic E-state index is 12.3. The van der Waals surface area contributed by atoms with Gasteiger partial charge in [0.2, 0.25) is 0 Å². The number of hydrogen-bond donors (Lipinski definition) is 1. The fourth-order valence-corrected chi connectivity index (χ4v) is 2.64. The lowest BCUT2D eigenvalue weighted by molar-refractivity contribution is -0.143. The van der Waals surface area contributed by atoms with Crippen molar-refractivity contribution in [1.29, 1.82) is 0 Å². The smallest absolute Gasteiger partial charge is 0.320 e. The normalized spacial score (nSPS) is 29.2. The molecule has 2 atom stereocenters. The molecule has 2 aliphatic rings. The number of carboxylic acid groups (broad SMARTS) is 1. The highest BCUT2D eigenvalue weighted by atomic mass is 16.5. The zero-order valence-corrected chi connectivity index (χ0v) is 10.7. The zero-order valence-electron chi connectivity index (χ0n) is 10.7. The second-order valence-corrected chi connectivity index (χ2v) is 5.16. The predicted octanol–water partition coefficient (Wildman–Crippen LogP) is 0.481. The van der Waals surface area contributed by atoms with Gasteiger partial charge in [-0.3, -0.25) is 4.79 Å². The van der Waals surface area contributed by atoms with E-state index < -0.39 is 11.9 Å². The highest BCUT2D eigenvalue weighted by Crippen LogP contribution is 2.22. The second-order valence-electron chi connectivity index (χ2n) is 5.16. The molecule has 0 bridgehead atoms. The Hall–Kier alpha value is -1.30. The van der Waals surface area contributed by atoms with Crippen molar-refractivity contribution in [2.45, 2.75) is 13.3 Å². The molecular weight excluding hydrogens is 236 g/mol. The minimum Gasteiger partial charge on any atom is -0.481 e. The summed E-state index contributed by atoms with van der Waals surface area (Å²) in [6.45, 7) is 5.31. The van der Waals surface area contributed by atoms with E-state index in [-0.39, 0.29) is 11.9 Å². The molecule has 1 N–H and O–H groups in total. The number of rotatable bonds is 1. The number of hydrogen-bond acceptors (Lipinski definition) is 3. The van der Waals surface area contributed by atoms with Crippen molar-refractivity contribution < 1.29 is 19.4 Å². The molecule has 2 aliphatic heterocycles. The standard InChI is InChI=1S/C12H20N2O4/c1-9-6-10(11(15)16)8-14(7-9)12(17)13-2-4-18-5-3-13/h9-10H,2-8H2,1H3,(H,15,16). The summed E-state index contributed by atoms with van der Waals surface area (Å²) < 4.78 is 5.21. The minimum absolute atomic E-state index is 0.0453. The van der Waals surface area contributed by atoms with Gasteiger partial charge in [-0.05, 0) is 12.3 Å². The quantitative estimate of drug-likeness (QED) is 0.741. The summed E-state index contributed by atoms with van der Waals surface area (Å²) in [5.41, 5.74) is 0. The molecule has 2 saturated heterocycles. The van der Waals surface area contributed by atoms with Crippen LogP contribution in [0.4, 0.5) is 4.79 Å². The summed E-state index contributed by atoms with van der Waals surface area (Å²) in [5.74, 6) is -0.995. The first-order valence-corrected chi connectivity index (χ1v) is 6.42. The minimum atomic E-state index is -0.804. The van der Waals surface area contributed by atoms with Crippen molar-refractivity contribution in [3.63, 3.8) is 0 Å². The van der Waals surface area contributed by atoms with Crippen molar-refractivity contribution in [3.05, 3.63) is 0 Å². The SMILES string of the molecule is CC1CC(C(=O)O)CN(C(=O)N2CCOCC2)C1. The molecule has 0 aromatic heterocycles. The van der Waals surface area contributed by atoms with E-state index in [0.29, 0.717) is 45.8 Å². The predicted molar refractivity (Wildman–Crippen MR) is 64.3 cm³/mol. The molecule has 0 radical (unpaired) electrons. The van der Waals surface area contributed by atoms with Gasteiger partial charge in [-0.2, -0.15) is 0 Å². The average Bonchev–Trinajstić information content (AvgIpc) is 2.38. The number of aliphatic carboxylic acids is 1. The fourth-order valence-electron chi connectivity index (χ4n) is 2.64. The number of carboxylic acids is 1. The Morgan fingerprint density at radius 2 is 1.83 bits per heavy atom. The number of carbonyl (C=O) groups is 2. The van der Waals surface area contributed by atoms with Crippen LogP contribution in [0.25, 0.3) is 0 Å². The Morgan fingerprint density at radius 3 is 2.44 bits per heavy atom. The van der Waals surface area contributed by atoms with Crippen LogP contribution in [0.3, 0.4) is 0 Å². The van der Waals surface area contributed by atoms with E-state index in [1.165, 1.54) is 0 Å². The van der Waals surface area contributed by atoms with E-state index in [4.69, 9.17) is 9.84 Å². The van der Waals surface area contributed by atoms with Crippen LogP contribution in [0, 0.1) is 11.8 Å². The van der Waals surface area contributed by atoms with Crippen LogP contribution in [-0.4, -0.2) is 66.3 Å². The van der Waals surface area contributed by atoms with Gasteiger partial charge in [-0.25, -0.2) is 4.79 Å². The largest absolute Gasteiger partial charge is 0.481 e. The number of morpholine rings is 1. The van der Waals surface area contributed by atoms with Crippen LogP contribution in [0.15, 0.2) is 0 Å². The number of amides is 2. The van der Waals surface area contributed by atoms with E-state index in [1.54, 1.807) is 9.80 Å². The fraction of sp³-hybridized carbons (Fsp3) is 0.833. The summed E-state index contributed by atoms with van der Waals surface area (Å²) >= 11 is 0. The van der Waals surface area contributed by atoms with Crippen LogP contribution in [-0.2, 0) is 9.53 Å². The average molecular weight is 256 g/mol. The Bertz CT molecular complexity index is 328. The maximum Gasteiger partial charge on any atom is 0.320 e. The molecule has 0 aliphatic carbocycles. The monoisotopic (exact) mass is 256 g/mol. The lowest BCUT2D eigenvalue weighted by Gasteiger charge is -2.38. The van der Waals surface area contributed by atoms with Crippen molar-refractivity contribution in [2.24, 2.45) is 11.8 Å². The zero-order chi connectivity index (χ0) is 13.1. The summed E-state index contributed by atoms with van der Waals surface area (Å²) in [6.07, 6.45) is 0.655. The third-order valence-electron chi connectivity index (χ3n) is 3.56. The van der Waals surface area contributed by atoms with Gasteiger partial charge in [0.25, 0.3) is 0 Å². The van der Waals surface area contributed by atoms with E-state index in [9.17, 15) is 9.59 Å². The van der Waals surface area contributed by atoms with Crippen molar-refractivity contribution in [3.8, 4) is 0 Å². The van der Waals surface area contributed by atoms with Crippen LogP contribution >= 0.6 is 0 Å². The molecule has 18 heavy (non-hydrogen) atoms. The van der Waals surface area contributed by atoms with E-state index in [1.807, 2.05) is 6.92 Å². The van der Waals surface area contributed by atoms with Gasteiger partial charge in [0, 0.05) is 26.2 Å². The second kappa shape index (κ2) is 5.56. The van der Waals surface area contributed by atoms with Gasteiger partial charge in [-0.1, -0.05) is 6.92 Å². The number of ether oxygens (including phenoxy) is 1. The molecule has 0 spiro atoms. The first-order valence-electron chi connectivity index (χ1n) is 6.42. The van der Waals surface area contributed by atoms with Crippen molar-refractivity contribution in [2.75, 3.05) is 39.4 Å². The topological polar surface area (TPSA) is 70.1 Å². The third-order valence-corrected chi connectivity index (χ3v) is 3.56. The van der Waals surface area contributed by atoms with Gasteiger partial charge in [0.05, 0.1) is 19.1 Å². The number of likely N-dealkylation sites (tertiary alicyclic amines) is 1. The molecular formula is C12H20N2O4. The molecule has 0 aromatic carbocycles. The van der Waals surface area contributed by atoms with E-state index in [2.05, 4.69) is 0 Å². The molecule has 2 amide bonds. The molecule has 6 nitrogen and oxygen atoms in total. The Labute approximate surface area is 106 Å². The summed E-state index contributed by atoms with van der Waals surface area (Å²) in [6, 6.07) is -0.0453. The van der Waals surface area contributed by atoms with Crippen LogP contribution in [0.2, 0.25) is 0 Å². The Kier molecular flexibility index (Phi) is 4.06. The molecule has 2 unspecified atom stereocenters. The van der Waals surface area contributed by atoms with Crippen LogP contribution in [0.1, 0.15) is 13.3 Å². The van der Waals surface area contributed by atoms with Crippen LogP contribution < -0.4 is 0 Å². The van der Waals surface area contributed by atoms with Gasteiger partial charge in [0.15, 0.2) is 0 Å². The van der Waals surface area contributed by atoms with Gasteiger partial charge >= 0.3 is 12.0 Å². The Balaban J connectivity index is 1.98. The number of nitrogens with zero attached hydrogens (tertiary/aromatic N) is 2. The number of carbonyl (C=O) groups excluding carboxylic acids is 1. The lowest BCUT2D eigenvalue weighted by Crippen LogP contribution is -2.53. The highest BCUT2D eigenvalue weighted by molar-refractivity contribution is 5.76. The summed E-state index contributed by atoms with van der Waals surface area (Å²) in [7, 11) is 0. The molecule has 2 heterocycles. The van der Waals surface area contributed by atoms with E-state index in [0.717, 1.165) is 0 Å². The molecule has 6 heteroatoms. The van der Waals surface area contributed by atoms with Gasteiger partial charge in [0.1, 0.15) is 0 Å². The van der Waals surface area contributed by atoms with Gasteiger partial charge in [-0.15, -0.1) is 0 Å². The van der Waals surface area contributed by atoms with E-state index >= 15 is 0 Å². The first-order chi connectivity index (χ1) is 8.58. The Morgan fingerprint density at radius 1 is 1.17 bits per heavy atom. The van der Waals surface area contributed by atoms with Crippen molar-refractivity contribution in [1.82, 2.24) is 9.80 Å². The number of piperidine rings is 1. The summed E-state index contributed by atoms with van der Waals surface area (Å²) in [4.78, 5) is 26.8. The molecule has 102 valence electrons. The van der Waals surface area contributed by atoms with Gasteiger partial charge < -0.3 is 19.6 Å². The number of urea groups is 1. The van der Waals surface area contributed by atoms with Crippen LogP contribution in [0.5, 0.6) is 0 Å². The highest BCUT2D eigenvalue weighted by Gasteiger charge is 2.33. The first kappa shape index (κ1) is 13.1.